The SMILES string of the molecule is OC(CCC1CCCO1)c1cccc(Cl)c1Cl. The molecule has 0 bridgehead atoms. The van der Waals surface area contributed by atoms with Crippen LogP contribution in [0.2, 0.25) is 10.0 Å². The van der Waals surface area contributed by atoms with E-state index in [4.69, 9.17) is 27.9 Å². The highest BCUT2D eigenvalue weighted by atomic mass is 35.5. The fourth-order valence-corrected chi connectivity index (χ4v) is 2.58. The zero-order chi connectivity index (χ0) is 12.3. The molecule has 2 atom stereocenters. The van der Waals surface area contributed by atoms with Gasteiger partial charge in [0.15, 0.2) is 0 Å². The Morgan fingerprint density at radius 1 is 1.41 bits per heavy atom. The van der Waals surface area contributed by atoms with Crippen LogP contribution in [0.25, 0.3) is 0 Å². The van der Waals surface area contributed by atoms with Crippen molar-refractivity contribution in [2.45, 2.75) is 37.9 Å². The van der Waals surface area contributed by atoms with Gasteiger partial charge in [0.1, 0.15) is 0 Å². The van der Waals surface area contributed by atoms with Crippen molar-refractivity contribution in [2.24, 2.45) is 0 Å². The molecule has 4 heteroatoms. The fraction of sp³-hybridized carbons (Fsp3) is 0.538. The molecule has 0 aromatic heterocycles. The molecular weight excluding hydrogens is 259 g/mol. The Kier molecular flexibility index (Phi) is 4.69. The summed E-state index contributed by atoms with van der Waals surface area (Å²) < 4.78 is 5.52. The van der Waals surface area contributed by atoms with E-state index in [-0.39, 0.29) is 0 Å². The number of hydrogen-bond acceptors (Lipinski definition) is 2. The normalized spacial score (nSPS) is 21.7. The van der Waals surface area contributed by atoms with Crippen LogP contribution in [0.4, 0.5) is 0 Å². The van der Waals surface area contributed by atoms with Gasteiger partial charge in [-0.3, -0.25) is 0 Å². The lowest BCUT2D eigenvalue weighted by atomic mass is 10.0. The van der Waals surface area contributed by atoms with Crippen LogP contribution in [0.1, 0.15) is 37.4 Å². The largest absolute Gasteiger partial charge is 0.388 e. The lowest BCUT2D eigenvalue weighted by Crippen LogP contribution is -2.08. The second-order valence-corrected chi connectivity index (χ2v) is 5.16. The van der Waals surface area contributed by atoms with Crippen LogP contribution in [0.3, 0.4) is 0 Å². The van der Waals surface area contributed by atoms with Crippen molar-refractivity contribution in [1.29, 1.82) is 0 Å². The van der Waals surface area contributed by atoms with Gasteiger partial charge in [0, 0.05) is 12.2 Å². The molecule has 1 saturated heterocycles. The lowest BCUT2D eigenvalue weighted by molar-refractivity contribution is 0.0812. The molecule has 1 fully saturated rings. The maximum absolute atomic E-state index is 10.1. The fourth-order valence-electron chi connectivity index (χ4n) is 2.15. The molecule has 2 unspecified atom stereocenters. The minimum atomic E-state index is -0.564. The third kappa shape index (κ3) is 3.35. The first-order valence-corrected chi connectivity index (χ1v) is 6.67. The first kappa shape index (κ1) is 13.2. The Morgan fingerprint density at radius 3 is 2.94 bits per heavy atom. The summed E-state index contributed by atoms with van der Waals surface area (Å²) >= 11 is 12.0. The van der Waals surface area contributed by atoms with Crippen molar-refractivity contribution in [3.05, 3.63) is 33.8 Å². The van der Waals surface area contributed by atoms with Gasteiger partial charge in [0.05, 0.1) is 22.3 Å². The average Bonchev–Trinajstić information content (AvgIpc) is 2.82. The molecule has 0 saturated carbocycles. The van der Waals surface area contributed by atoms with Crippen LogP contribution < -0.4 is 0 Å². The first-order chi connectivity index (χ1) is 8.18. The van der Waals surface area contributed by atoms with Crippen LogP contribution >= 0.6 is 23.2 Å². The zero-order valence-electron chi connectivity index (χ0n) is 9.53. The van der Waals surface area contributed by atoms with Crippen LogP contribution in [-0.4, -0.2) is 17.8 Å². The third-order valence-corrected chi connectivity index (χ3v) is 3.96. The summed E-state index contributed by atoms with van der Waals surface area (Å²) in [7, 11) is 0. The van der Waals surface area contributed by atoms with E-state index in [0.29, 0.717) is 28.1 Å². The maximum Gasteiger partial charge on any atom is 0.0805 e. The van der Waals surface area contributed by atoms with Crippen molar-refractivity contribution in [1.82, 2.24) is 0 Å². The van der Waals surface area contributed by atoms with Gasteiger partial charge >= 0.3 is 0 Å². The Labute approximate surface area is 111 Å². The Morgan fingerprint density at radius 2 is 2.24 bits per heavy atom. The summed E-state index contributed by atoms with van der Waals surface area (Å²) in [6.07, 6.45) is 3.47. The maximum atomic E-state index is 10.1. The van der Waals surface area contributed by atoms with Gasteiger partial charge in [0.25, 0.3) is 0 Å². The summed E-state index contributed by atoms with van der Waals surface area (Å²) in [6.45, 7) is 0.846. The minimum Gasteiger partial charge on any atom is -0.388 e. The minimum absolute atomic E-state index is 0.294. The summed E-state index contributed by atoms with van der Waals surface area (Å²) in [5.41, 5.74) is 0.706. The van der Waals surface area contributed by atoms with Gasteiger partial charge in [-0.25, -0.2) is 0 Å². The van der Waals surface area contributed by atoms with Crippen molar-refractivity contribution in [3.8, 4) is 0 Å². The molecule has 17 heavy (non-hydrogen) atoms. The number of hydrogen-bond donors (Lipinski definition) is 1. The predicted molar refractivity (Wildman–Crippen MR) is 69.6 cm³/mol. The second-order valence-electron chi connectivity index (χ2n) is 4.37. The summed E-state index contributed by atoms with van der Waals surface area (Å²) in [5.74, 6) is 0. The summed E-state index contributed by atoms with van der Waals surface area (Å²) in [4.78, 5) is 0. The van der Waals surface area contributed by atoms with E-state index in [9.17, 15) is 5.11 Å². The first-order valence-electron chi connectivity index (χ1n) is 5.92. The van der Waals surface area contributed by atoms with E-state index < -0.39 is 6.10 Å². The summed E-state index contributed by atoms with van der Waals surface area (Å²) in [5, 5.41) is 11.0. The Bertz CT molecular complexity index is 376. The molecule has 2 rings (SSSR count). The van der Waals surface area contributed by atoms with Crippen molar-refractivity contribution in [2.75, 3.05) is 6.61 Å². The zero-order valence-corrected chi connectivity index (χ0v) is 11.0. The van der Waals surface area contributed by atoms with E-state index in [1.807, 2.05) is 6.07 Å². The molecule has 0 aliphatic carbocycles. The van der Waals surface area contributed by atoms with Crippen LogP contribution in [0.15, 0.2) is 18.2 Å². The van der Waals surface area contributed by atoms with Gasteiger partial charge in [0.2, 0.25) is 0 Å². The number of aliphatic hydroxyl groups is 1. The number of aliphatic hydroxyl groups excluding tert-OH is 1. The van der Waals surface area contributed by atoms with Gasteiger partial charge in [-0.05, 0) is 31.7 Å². The lowest BCUT2D eigenvalue weighted by Gasteiger charge is -2.15. The van der Waals surface area contributed by atoms with Gasteiger partial charge in [-0.1, -0.05) is 35.3 Å². The molecular formula is C13H16Cl2O2. The highest BCUT2D eigenvalue weighted by molar-refractivity contribution is 6.42. The van der Waals surface area contributed by atoms with E-state index in [0.717, 1.165) is 25.9 Å². The highest BCUT2D eigenvalue weighted by Crippen LogP contribution is 2.32. The summed E-state index contributed by atoms with van der Waals surface area (Å²) in [6, 6.07) is 5.34. The molecule has 94 valence electrons. The molecule has 1 aliphatic rings. The average molecular weight is 275 g/mol. The standard InChI is InChI=1S/C13H16Cl2O2/c14-11-5-1-4-10(13(11)15)12(16)7-6-9-3-2-8-17-9/h1,4-5,9,12,16H,2-3,6-8H2. The van der Waals surface area contributed by atoms with E-state index >= 15 is 0 Å². The molecule has 1 aromatic rings. The van der Waals surface area contributed by atoms with E-state index in [2.05, 4.69) is 0 Å². The number of benzene rings is 1. The van der Waals surface area contributed by atoms with Crippen LogP contribution in [0, 0.1) is 0 Å². The number of rotatable bonds is 4. The monoisotopic (exact) mass is 274 g/mol. The smallest absolute Gasteiger partial charge is 0.0805 e. The highest BCUT2D eigenvalue weighted by Gasteiger charge is 2.19. The van der Waals surface area contributed by atoms with E-state index in [1.165, 1.54) is 0 Å². The van der Waals surface area contributed by atoms with Gasteiger partial charge < -0.3 is 9.84 Å². The van der Waals surface area contributed by atoms with Crippen molar-refractivity contribution in [3.63, 3.8) is 0 Å². The topological polar surface area (TPSA) is 29.5 Å². The van der Waals surface area contributed by atoms with Crippen LogP contribution in [-0.2, 0) is 4.74 Å². The van der Waals surface area contributed by atoms with Crippen molar-refractivity contribution >= 4 is 23.2 Å². The molecule has 1 aromatic carbocycles. The molecule has 1 N–H and O–H groups in total. The Balaban J connectivity index is 1.94. The number of halogens is 2. The van der Waals surface area contributed by atoms with Crippen LogP contribution in [0.5, 0.6) is 0 Å². The molecule has 2 nitrogen and oxygen atoms in total. The molecule has 1 aliphatic heterocycles. The molecule has 1 heterocycles. The molecule has 0 amide bonds. The predicted octanol–water partition coefficient (Wildman–Crippen LogP) is 3.99. The van der Waals surface area contributed by atoms with Crippen molar-refractivity contribution < 1.29 is 9.84 Å². The molecule has 0 radical (unpaired) electrons. The van der Waals surface area contributed by atoms with Gasteiger partial charge in [-0.15, -0.1) is 0 Å². The third-order valence-electron chi connectivity index (χ3n) is 3.13. The Hall–Kier alpha value is -0.280. The van der Waals surface area contributed by atoms with E-state index in [1.54, 1.807) is 12.1 Å². The van der Waals surface area contributed by atoms with Gasteiger partial charge in [-0.2, -0.15) is 0 Å². The number of ether oxygens (including phenoxy) is 1. The molecule has 0 spiro atoms. The quantitative estimate of drug-likeness (QED) is 0.900. The second kappa shape index (κ2) is 6.05.